The zero-order chi connectivity index (χ0) is 13.7. The summed E-state index contributed by atoms with van der Waals surface area (Å²) in [6.07, 6.45) is 3.39. The molecule has 106 valence electrons. The predicted octanol–water partition coefficient (Wildman–Crippen LogP) is 1.18. The van der Waals surface area contributed by atoms with Gasteiger partial charge in [0.1, 0.15) is 11.6 Å². The minimum Gasteiger partial charge on any atom is -0.368 e. The van der Waals surface area contributed by atoms with Gasteiger partial charge in [-0.3, -0.25) is 4.90 Å². The van der Waals surface area contributed by atoms with Crippen molar-refractivity contribution in [2.75, 3.05) is 31.5 Å². The van der Waals surface area contributed by atoms with Gasteiger partial charge in [-0.15, -0.1) is 0 Å². The summed E-state index contributed by atoms with van der Waals surface area (Å²) in [6, 6.07) is 2.66. The maximum atomic E-state index is 5.58. The molecule has 2 heterocycles. The third-order valence-electron chi connectivity index (χ3n) is 3.72. The molecule has 1 aliphatic rings. The van der Waals surface area contributed by atoms with Crippen molar-refractivity contribution in [2.45, 2.75) is 39.2 Å². The van der Waals surface area contributed by atoms with Crippen LogP contribution in [0.4, 0.5) is 5.82 Å². The van der Waals surface area contributed by atoms with Crippen LogP contribution in [-0.4, -0.2) is 47.1 Å². The van der Waals surface area contributed by atoms with E-state index in [-0.39, 0.29) is 0 Å². The van der Waals surface area contributed by atoms with Crippen LogP contribution in [-0.2, 0) is 6.42 Å². The number of nitrogens with zero attached hydrogens (tertiary/aromatic N) is 3. The van der Waals surface area contributed by atoms with Gasteiger partial charge in [-0.25, -0.2) is 9.97 Å². The fourth-order valence-corrected chi connectivity index (χ4v) is 2.76. The van der Waals surface area contributed by atoms with Gasteiger partial charge in [-0.05, 0) is 39.4 Å². The zero-order valence-corrected chi connectivity index (χ0v) is 12.0. The van der Waals surface area contributed by atoms with Crippen molar-refractivity contribution in [2.24, 2.45) is 5.73 Å². The smallest absolute Gasteiger partial charge is 0.129 e. The van der Waals surface area contributed by atoms with E-state index < -0.39 is 0 Å². The Morgan fingerprint density at radius 3 is 3.05 bits per heavy atom. The number of rotatable bonds is 6. The van der Waals surface area contributed by atoms with Crippen LogP contribution >= 0.6 is 0 Å². The Labute approximate surface area is 115 Å². The molecule has 3 N–H and O–H groups in total. The Hall–Kier alpha value is -1.20. The minimum atomic E-state index is 0.627. The molecule has 0 aliphatic carbocycles. The van der Waals surface area contributed by atoms with Crippen LogP contribution in [0.1, 0.15) is 31.3 Å². The number of hydrogen-bond donors (Lipinski definition) is 2. The highest BCUT2D eigenvalue weighted by molar-refractivity contribution is 5.36. The lowest BCUT2D eigenvalue weighted by atomic mass is 10.2. The highest BCUT2D eigenvalue weighted by Gasteiger charge is 2.22. The molecule has 5 nitrogen and oxygen atoms in total. The molecule has 0 amide bonds. The summed E-state index contributed by atoms with van der Waals surface area (Å²) in [6.45, 7) is 8.11. The molecule has 2 rings (SSSR count). The van der Waals surface area contributed by atoms with E-state index in [0.29, 0.717) is 12.6 Å². The average Bonchev–Trinajstić information content (AvgIpc) is 2.83. The second kappa shape index (κ2) is 6.82. The Morgan fingerprint density at radius 2 is 2.32 bits per heavy atom. The van der Waals surface area contributed by atoms with Gasteiger partial charge >= 0.3 is 0 Å². The van der Waals surface area contributed by atoms with E-state index in [0.717, 1.165) is 36.8 Å². The molecule has 19 heavy (non-hydrogen) atoms. The summed E-state index contributed by atoms with van der Waals surface area (Å²) in [7, 11) is 0. The lowest BCUT2D eigenvalue weighted by molar-refractivity contribution is 0.277. The third-order valence-corrected chi connectivity index (χ3v) is 3.72. The van der Waals surface area contributed by atoms with E-state index >= 15 is 0 Å². The van der Waals surface area contributed by atoms with E-state index in [1.54, 1.807) is 0 Å². The van der Waals surface area contributed by atoms with Crippen LogP contribution in [0.2, 0.25) is 0 Å². The normalized spacial score (nSPS) is 19.8. The van der Waals surface area contributed by atoms with E-state index in [4.69, 9.17) is 5.73 Å². The number of nitrogens with two attached hydrogens (primary N) is 1. The summed E-state index contributed by atoms with van der Waals surface area (Å²) in [5.41, 5.74) is 6.61. The molecule has 0 radical (unpaired) electrons. The summed E-state index contributed by atoms with van der Waals surface area (Å²) in [5, 5.41) is 3.46. The minimum absolute atomic E-state index is 0.627. The van der Waals surface area contributed by atoms with Crippen molar-refractivity contribution in [3.63, 3.8) is 0 Å². The molecule has 1 aromatic rings. The average molecular weight is 263 g/mol. The van der Waals surface area contributed by atoms with E-state index in [2.05, 4.69) is 27.1 Å². The van der Waals surface area contributed by atoms with Crippen LogP contribution in [0.25, 0.3) is 0 Å². The zero-order valence-electron chi connectivity index (χ0n) is 12.0. The maximum Gasteiger partial charge on any atom is 0.129 e. The van der Waals surface area contributed by atoms with Crippen LogP contribution in [0.5, 0.6) is 0 Å². The number of aromatic nitrogens is 2. The summed E-state index contributed by atoms with van der Waals surface area (Å²) in [5.74, 6) is 1.74. The molecule has 1 saturated heterocycles. The summed E-state index contributed by atoms with van der Waals surface area (Å²) >= 11 is 0. The molecule has 0 saturated carbocycles. The Morgan fingerprint density at radius 1 is 1.47 bits per heavy atom. The highest BCUT2D eigenvalue weighted by atomic mass is 15.2. The number of aryl methyl sites for hydroxylation is 1. The molecule has 1 aromatic heterocycles. The molecule has 1 atom stereocenters. The number of nitrogens with one attached hydrogen (secondary N) is 1. The fraction of sp³-hybridized carbons (Fsp3) is 0.714. The second-order valence-electron chi connectivity index (χ2n) is 5.14. The van der Waals surface area contributed by atoms with E-state index in [1.807, 2.05) is 13.0 Å². The van der Waals surface area contributed by atoms with Crippen molar-refractivity contribution < 1.29 is 0 Å². The molecule has 5 heteroatoms. The van der Waals surface area contributed by atoms with Gasteiger partial charge in [0, 0.05) is 30.8 Å². The quantitative estimate of drug-likeness (QED) is 0.807. The topological polar surface area (TPSA) is 67.1 Å². The molecule has 0 aromatic carbocycles. The number of likely N-dealkylation sites (tertiary alicyclic amines) is 1. The van der Waals surface area contributed by atoms with Gasteiger partial charge in [0.25, 0.3) is 0 Å². The maximum absolute atomic E-state index is 5.58. The first-order chi connectivity index (χ1) is 9.22. The van der Waals surface area contributed by atoms with Gasteiger partial charge in [-0.2, -0.15) is 0 Å². The van der Waals surface area contributed by atoms with Gasteiger partial charge in [0.05, 0.1) is 0 Å². The molecule has 1 aliphatic heterocycles. The van der Waals surface area contributed by atoms with Gasteiger partial charge in [0.15, 0.2) is 0 Å². The lowest BCUT2D eigenvalue weighted by Gasteiger charge is -2.23. The van der Waals surface area contributed by atoms with E-state index in [1.165, 1.54) is 19.4 Å². The van der Waals surface area contributed by atoms with Crippen LogP contribution in [0.3, 0.4) is 0 Å². The van der Waals surface area contributed by atoms with Crippen LogP contribution < -0.4 is 11.1 Å². The first kappa shape index (κ1) is 14.2. The lowest BCUT2D eigenvalue weighted by Crippen LogP contribution is -2.34. The van der Waals surface area contributed by atoms with Gasteiger partial charge < -0.3 is 11.1 Å². The molecular weight excluding hydrogens is 238 g/mol. The Kier molecular flexibility index (Phi) is 5.10. The second-order valence-corrected chi connectivity index (χ2v) is 5.14. The van der Waals surface area contributed by atoms with Crippen molar-refractivity contribution in [1.29, 1.82) is 0 Å². The Balaban J connectivity index is 1.95. The van der Waals surface area contributed by atoms with Crippen LogP contribution in [0.15, 0.2) is 6.07 Å². The predicted molar refractivity (Wildman–Crippen MR) is 78.3 cm³/mol. The standard InChI is InChI=1S/C14H25N5/c1-3-19-8-4-5-13(19)10-16-14-9-12(6-7-15)17-11(2)18-14/h9,13H,3-8,10,15H2,1-2H3,(H,16,17,18)/t13-/m1/s1. The van der Waals surface area contributed by atoms with Crippen molar-refractivity contribution >= 4 is 5.82 Å². The largest absolute Gasteiger partial charge is 0.368 e. The molecule has 0 unspecified atom stereocenters. The molecule has 1 fully saturated rings. The van der Waals surface area contributed by atoms with Gasteiger partial charge in [-0.1, -0.05) is 6.92 Å². The van der Waals surface area contributed by atoms with Crippen molar-refractivity contribution in [1.82, 2.24) is 14.9 Å². The Bertz CT molecular complexity index is 407. The van der Waals surface area contributed by atoms with Crippen LogP contribution in [0, 0.1) is 6.92 Å². The van der Waals surface area contributed by atoms with E-state index in [9.17, 15) is 0 Å². The highest BCUT2D eigenvalue weighted by Crippen LogP contribution is 2.17. The number of anilines is 1. The molecular formula is C14H25N5. The van der Waals surface area contributed by atoms with Crippen molar-refractivity contribution in [3.05, 3.63) is 17.6 Å². The van der Waals surface area contributed by atoms with Crippen molar-refractivity contribution in [3.8, 4) is 0 Å². The van der Waals surface area contributed by atoms with Gasteiger partial charge in [0.2, 0.25) is 0 Å². The summed E-state index contributed by atoms with van der Waals surface area (Å²) in [4.78, 5) is 11.4. The number of likely N-dealkylation sites (N-methyl/N-ethyl adjacent to an activating group) is 1. The molecule has 0 spiro atoms. The molecule has 0 bridgehead atoms. The fourth-order valence-electron chi connectivity index (χ4n) is 2.76. The first-order valence-corrected chi connectivity index (χ1v) is 7.25. The summed E-state index contributed by atoms with van der Waals surface area (Å²) < 4.78 is 0. The monoisotopic (exact) mass is 263 g/mol. The first-order valence-electron chi connectivity index (χ1n) is 7.25. The third kappa shape index (κ3) is 3.88. The SMILES string of the molecule is CCN1CCC[C@@H]1CNc1cc(CCN)nc(C)n1. The number of hydrogen-bond acceptors (Lipinski definition) is 5.